The highest BCUT2D eigenvalue weighted by Gasteiger charge is 2.20. The van der Waals surface area contributed by atoms with E-state index in [2.05, 4.69) is 24.3 Å². The molecule has 1 aliphatic heterocycles. The van der Waals surface area contributed by atoms with Gasteiger partial charge in [-0.15, -0.1) is 0 Å². The van der Waals surface area contributed by atoms with Crippen LogP contribution in [0.5, 0.6) is 5.75 Å². The Labute approximate surface area is 162 Å². The fourth-order valence-electron chi connectivity index (χ4n) is 3.60. The Bertz CT molecular complexity index is 1090. The molecule has 0 amide bonds. The van der Waals surface area contributed by atoms with Crippen molar-refractivity contribution in [2.45, 2.75) is 0 Å². The highest BCUT2D eigenvalue weighted by atomic mass is 16.3. The summed E-state index contributed by atoms with van der Waals surface area (Å²) in [5, 5.41) is 10.5. The van der Waals surface area contributed by atoms with Gasteiger partial charge in [-0.1, -0.05) is 0 Å². The Morgan fingerprint density at radius 3 is 2.25 bits per heavy atom. The van der Waals surface area contributed by atoms with Crippen LogP contribution >= 0.6 is 0 Å². The number of pyridine rings is 1. The zero-order chi connectivity index (χ0) is 18.9. The molecule has 140 valence electrons. The van der Waals surface area contributed by atoms with Crippen LogP contribution < -0.4 is 9.80 Å². The number of piperazine rings is 1. The average molecular weight is 372 g/mol. The summed E-state index contributed by atoms with van der Waals surface area (Å²) in [7, 11) is 0. The monoisotopic (exact) mass is 372 g/mol. The van der Waals surface area contributed by atoms with Crippen molar-refractivity contribution < 1.29 is 5.11 Å². The third kappa shape index (κ3) is 3.00. The maximum absolute atomic E-state index is 9.47. The van der Waals surface area contributed by atoms with Crippen LogP contribution in [0.3, 0.4) is 0 Å². The zero-order valence-electron chi connectivity index (χ0n) is 15.3. The van der Waals surface area contributed by atoms with Gasteiger partial charge in [0.05, 0.1) is 5.69 Å². The predicted octanol–water partition coefficient (Wildman–Crippen LogP) is 2.85. The van der Waals surface area contributed by atoms with E-state index in [-0.39, 0.29) is 0 Å². The topological polar surface area (TPSA) is 70.3 Å². The minimum Gasteiger partial charge on any atom is -0.508 e. The summed E-state index contributed by atoms with van der Waals surface area (Å²) in [6, 6.07) is 13.3. The van der Waals surface area contributed by atoms with Crippen molar-refractivity contribution in [3.63, 3.8) is 0 Å². The molecule has 0 aliphatic carbocycles. The summed E-state index contributed by atoms with van der Waals surface area (Å²) in [5.41, 5.74) is 3.06. The van der Waals surface area contributed by atoms with E-state index in [1.54, 1.807) is 24.5 Å². The van der Waals surface area contributed by atoms with Gasteiger partial charge in [-0.2, -0.15) is 4.98 Å². The zero-order valence-corrected chi connectivity index (χ0v) is 15.3. The Morgan fingerprint density at radius 2 is 1.50 bits per heavy atom. The summed E-state index contributed by atoms with van der Waals surface area (Å²) in [4.78, 5) is 18.1. The Balaban J connectivity index is 1.38. The molecule has 1 saturated heterocycles. The summed E-state index contributed by atoms with van der Waals surface area (Å²) in [5.74, 6) is 1.05. The molecule has 0 spiro atoms. The number of hydrogen-bond acceptors (Lipinski definition) is 6. The molecule has 28 heavy (non-hydrogen) atoms. The summed E-state index contributed by atoms with van der Waals surface area (Å²) in [6.07, 6.45) is 7.47. The minimum atomic E-state index is 0.293. The van der Waals surface area contributed by atoms with Gasteiger partial charge in [0.2, 0.25) is 5.95 Å². The normalized spacial score (nSPS) is 14.6. The number of nitrogens with zero attached hydrogens (tertiary/aromatic N) is 6. The SMILES string of the molecule is Oc1ccc(N2CCN(c3ncc4ccn(-c5ccncc5)c4n3)CC2)cc1. The van der Waals surface area contributed by atoms with E-state index in [0.29, 0.717) is 5.75 Å². The van der Waals surface area contributed by atoms with Crippen LogP contribution in [-0.2, 0) is 0 Å². The van der Waals surface area contributed by atoms with Crippen molar-refractivity contribution in [2.24, 2.45) is 0 Å². The quantitative estimate of drug-likeness (QED) is 0.596. The molecule has 0 saturated carbocycles. The summed E-state index contributed by atoms with van der Waals surface area (Å²) in [6.45, 7) is 3.47. The van der Waals surface area contributed by atoms with Gasteiger partial charge in [-0.3, -0.25) is 4.98 Å². The maximum Gasteiger partial charge on any atom is 0.227 e. The van der Waals surface area contributed by atoms with E-state index < -0.39 is 0 Å². The first-order chi connectivity index (χ1) is 13.8. The molecule has 1 aliphatic rings. The van der Waals surface area contributed by atoms with Crippen LogP contribution in [0.2, 0.25) is 0 Å². The van der Waals surface area contributed by atoms with Gasteiger partial charge in [-0.25, -0.2) is 4.98 Å². The number of phenolic OH excluding ortho intramolecular Hbond substituents is 1. The number of benzene rings is 1. The molecule has 0 bridgehead atoms. The fraction of sp³-hybridized carbons (Fsp3) is 0.190. The molecule has 0 radical (unpaired) electrons. The van der Waals surface area contributed by atoms with Crippen LogP contribution in [-0.4, -0.2) is 50.8 Å². The average Bonchev–Trinajstić information content (AvgIpc) is 3.18. The number of aromatic hydroxyl groups is 1. The molecule has 0 unspecified atom stereocenters. The Hall–Kier alpha value is -3.61. The van der Waals surface area contributed by atoms with E-state index in [1.165, 1.54) is 0 Å². The molecule has 7 heteroatoms. The smallest absolute Gasteiger partial charge is 0.227 e. The van der Waals surface area contributed by atoms with Crippen LogP contribution in [0.15, 0.2) is 67.3 Å². The number of rotatable bonds is 3. The first kappa shape index (κ1) is 16.6. The number of hydrogen-bond donors (Lipinski definition) is 1. The van der Waals surface area contributed by atoms with Gasteiger partial charge in [0.25, 0.3) is 0 Å². The molecule has 4 heterocycles. The molecule has 7 nitrogen and oxygen atoms in total. The van der Waals surface area contributed by atoms with Crippen molar-refractivity contribution in [1.29, 1.82) is 0 Å². The lowest BCUT2D eigenvalue weighted by molar-refractivity contribution is 0.475. The van der Waals surface area contributed by atoms with Crippen molar-refractivity contribution in [1.82, 2.24) is 19.5 Å². The largest absolute Gasteiger partial charge is 0.508 e. The first-order valence-corrected chi connectivity index (χ1v) is 9.31. The van der Waals surface area contributed by atoms with Crippen molar-refractivity contribution in [2.75, 3.05) is 36.0 Å². The van der Waals surface area contributed by atoms with E-state index in [9.17, 15) is 5.11 Å². The molecule has 3 aromatic heterocycles. The third-order valence-electron chi connectivity index (χ3n) is 5.13. The van der Waals surface area contributed by atoms with Gasteiger partial charge in [-0.05, 0) is 42.5 Å². The van der Waals surface area contributed by atoms with Crippen molar-refractivity contribution >= 4 is 22.7 Å². The van der Waals surface area contributed by atoms with Gasteiger partial charge in [0, 0.05) is 62.0 Å². The van der Waals surface area contributed by atoms with Crippen molar-refractivity contribution in [3.8, 4) is 11.4 Å². The lowest BCUT2D eigenvalue weighted by Crippen LogP contribution is -2.47. The number of fused-ring (bicyclic) bond motifs is 1. The Kier molecular flexibility index (Phi) is 4.05. The Morgan fingerprint density at radius 1 is 0.786 bits per heavy atom. The van der Waals surface area contributed by atoms with Crippen LogP contribution in [0.1, 0.15) is 0 Å². The maximum atomic E-state index is 9.47. The van der Waals surface area contributed by atoms with E-state index in [1.807, 2.05) is 42.7 Å². The van der Waals surface area contributed by atoms with E-state index in [0.717, 1.165) is 54.5 Å². The molecule has 0 atom stereocenters. The first-order valence-electron chi connectivity index (χ1n) is 9.31. The molecular formula is C21H20N6O. The molecule has 4 aromatic rings. The molecule has 1 aromatic carbocycles. The minimum absolute atomic E-state index is 0.293. The summed E-state index contributed by atoms with van der Waals surface area (Å²) >= 11 is 0. The molecule has 5 rings (SSSR count). The highest BCUT2D eigenvalue weighted by Crippen LogP contribution is 2.23. The predicted molar refractivity (Wildman–Crippen MR) is 109 cm³/mol. The summed E-state index contributed by atoms with van der Waals surface area (Å²) < 4.78 is 2.06. The lowest BCUT2D eigenvalue weighted by atomic mass is 10.2. The number of anilines is 2. The van der Waals surface area contributed by atoms with Crippen molar-refractivity contribution in [3.05, 3.63) is 67.3 Å². The molecule has 1 N–H and O–H groups in total. The van der Waals surface area contributed by atoms with E-state index in [4.69, 9.17) is 4.98 Å². The fourth-order valence-corrected chi connectivity index (χ4v) is 3.60. The number of phenols is 1. The van der Waals surface area contributed by atoms with Crippen LogP contribution in [0.4, 0.5) is 11.6 Å². The van der Waals surface area contributed by atoms with Gasteiger partial charge >= 0.3 is 0 Å². The standard InChI is InChI=1S/C21H20N6O/c28-19-3-1-17(2-4-19)25-11-13-26(14-12-25)21-23-15-16-7-10-27(20(16)24-21)18-5-8-22-9-6-18/h1-10,15,28H,11-14H2. The van der Waals surface area contributed by atoms with Gasteiger partial charge in [0.15, 0.2) is 0 Å². The van der Waals surface area contributed by atoms with Gasteiger partial charge in [0.1, 0.15) is 11.4 Å². The second-order valence-electron chi connectivity index (χ2n) is 6.83. The second-order valence-corrected chi connectivity index (χ2v) is 6.83. The highest BCUT2D eigenvalue weighted by molar-refractivity contribution is 5.78. The molecular weight excluding hydrogens is 352 g/mol. The van der Waals surface area contributed by atoms with Crippen LogP contribution in [0.25, 0.3) is 16.7 Å². The lowest BCUT2D eigenvalue weighted by Gasteiger charge is -2.36. The second kappa shape index (κ2) is 6.84. The number of aromatic nitrogens is 4. The van der Waals surface area contributed by atoms with Gasteiger partial charge < -0.3 is 19.5 Å². The molecule has 1 fully saturated rings. The van der Waals surface area contributed by atoms with Crippen LogP contribution in [0, 0.1) is 0 Å². The third-order valence-corrected chi connectivity index (χ3v) is 5.13. The van der Waals surface area contributed by atoms with E-state index >= 15 is 0 Å².